The zero-order chi connectivity index (χ0) is 13.1. The van der Waals surface area contributed by atoms with Gasteiger partial charge in [-0.05, 0) is 31.3 Å². The van der Waals surface area contributed by atoms with Gasteiger partial charge in [0.15, 0.2) is 0 Å². The second-order valence-electron chi connectivity index (χ2n) is 5.65. The van der Waals surface area contributed by atoms with Crippen LogP contribution in [0.5, 0.6) is 0 Å². The van der Waals surface area contributed by atoms with Crippen LogP contribution in [0.15, 0.2) is 24.0 Å². The van der Waals surface area contributed by atoms with Gasteiger partial charge in [0, 0.05) is 23.4 Å². The molecular weight excluding hydrogens is 232 g/mol. The Labute approximate surface area is 106 Å². The van der Waals surface area contributed by atoms with Gasteiger partial charge in [0.1, 0.15) is 0 Å². The van der Waals surface area contributed by atoms with Crippen molar-refractivity contribution in [3.63, 3.8) is 0 Å². The topological polar surface area (TPSA) is 72.8 Å². The first kappa shape index (κ1) is 11.7. The third-order valence-corrected chi connectivity index (χ3v) is 4.72. The second kappa shape index (κ2) is 3.59. The Balaban J connectivity index is 1.85. The molecule has 4 atom stereocenters. The van der Waals surface area contributed by atoms with E-state index >= 15 is 0 Å². The summed E-state index contributed by atoms with van der Waals surface area (Å²) in [6.45, 7) is 5.66. The molecule has 3 N–H and O–H groups in total. The maximum Gasteiger partial charge on any atom is 0.326 e. The molecule has 2 amide bonds. The van der Waals surface area contributed by atoms with Crippen molar-refractivity contribution in [1.82, 2.24) is 10.2 Å². The quantitative estimate of drug-likeness (QED) is 0.670. The Hall–Kier alpha value is -1.33. The van der Waals surface area contributed by atoms with E-state index in [1.807, 2.05) is 6.92 Å². The van der Waals surface area contributed by atoms with E-state index < -0.39 is 6.10 Å². The number of hydrogen-bond donors (Lipinski definition) is 3. The van der Waals surface area contributed by atoms with Crippen LogP contribution >= 0.6 is 0 Å². The van der Waals surface area contributed by atoms with Crippen molar-refractivity contribution in [2.24, 2.45) is 11.3 Å². The van der Waals surface area contributed by atoms with Gasteiger partial charge in [-0.3, -0.25) is 4.90 Å². The first-order chi connectivity index (χ1) is 8.49. The summed E-state index contributed by atoms with van der Waals surface area (Å²) in [5, 5.41) is 22.2. The molecule has 2 saturated carbocycles. The van der Waals surface area contributed by atoms with Crippen LogP contribution < -0.4 is 5.32 Å². The number of urea groups is 1. The Kier molecular flexibility index (Phi) is 2.34. The molecule has 18 heavy (non-hydrogen) atoms. The largest absolute Gasteiger partial charge is 0.396 e. The second-order valence-corrected chi connectivity index (χ2v) is 5.65. The minimum Gasteiger partial charge on any atom is -0.396 e. The zero-order valence-electron chi connectivity index (χ0n) is 10.4. The van der Waals surface area contributed by atoms with Crippen LogP contribution in [0.3, 0.4) is 0 Å². The lowest BCUT2D eigenvalue weighted by atomic mass is 10.0. The third kappa shape index (κ3) is 1.37. The first-order valence-corrected chi connectivity index (χ1v) is 6.25. The van der Waals surface area contributed by atoms with E-state index in [0.717, 1.165) is 12.0 Å². The van der Waals surface area contributed by atoms with E-state index in [1.54, 1.807) is 11.1 Å². The number of hydrogen-bond acceptors (Lipinski definition) is 3. The van der Waals surface area contributed by atoms with Crippen molar-refractivity contribution < 1.29 is 15.0 Å². The molecule has 5 nitrogen and oxygen atoms in total. The molecule has 0 spiro atoms. The first-order valence-electron chi connectivity index (χ1n) is 6.25. The number of rotatable bonds is 2. The van der Waals surface area contributed by atoms with E-state index in [4.69, 9.17) is 0 Å². The molecule has 2 fully saturated rings. The molecule has 1 heterocycles. The molecule has 3 aliphatic rings. The fourth-order valence-electron chi connectivity index (χ4n) is 3.36. The Morgan fingerprint density at radius 3 is 2.94 bits per heavy atom. The van der Waals surface area contributed by atoms with Crippen LogP contribution in [-0.4, -0.2) is 39.9 Å². The number of aliphatic hydroxyl groups excluding tert-OH is 2. The van der Waals surface area contributed by atoms with Crippen molar-refractivity contribution in [2.45, 2.75) is 31.9 Å². The van der Waals surface area contributed by atoms with Crippen LogP contribution in [-0.2, 0) is 0 Å². The lowest BCUT2D eigenvalue weighted by molar-refractivity contribution is 0.0593. The van der Waals surface area contributed by atoms with Gasteiger partial charge in [-0.2, -0.15) is 0 Å². The fraction of sp³-hybridized carbons (Fsp3) is 0.615. The Bertz CT molecular complexity index is 459. The summed E-state index contributed by atoms with van der Waals surface area (Å²) in [7, 11) is 0. The Morgan fingerprint density at radius 2 is 2.39 bits per heavy atom. The number of carbonyl (C=O) groups excluding carboxylic acids is 1. The lowest BCUT2D eigenvalue weighted by Crippen LogP contribution is -2.46. The highest BCUT2D eigenvalue weighted by Gasteiger charge is 2.68. The number of nitrogens with zero attached hydrogens (tertiary/aromatic N) is 1. The van der Waals surface area contributed by atoms with Crippen molar-refractivity contribution in [1.29, 1.82) is 0 Å². The number of allylic oxidation sites excluding steroid dienone is 1. The number of fused-ring (bicyclic) bond motifs is 1. The summed E-state index contributed by atoms with van der Waals surface area (Å²) in [6, 6.07) is -0.210. The number of aliphatic hydroxyl groups is 2. The van der Waals surface area contributed by atoms with Crippen LogP contribution in [0.2, 0.25) is 0 Å². The predicted molar refractivity (Wildman–Crippen MR) is 65.3 cm³/mol. The number of amides is 2. The molecule has 0 aromatic carbocycles. The summed E-state index contributed by atoms with van der Waals surface area (Å²) in [6.07, 6.45) is 2.62. The molecule has 0 saturated heterocycles. The molecule has 98 valence electrons. The maximum atomic E-state index is 12.0. The summed E-state index contributed by atoms with van der Waals surface area (Å²) in [5.74, 6) is 0.207. The number of nitrogens with one attached hydrogen (secondary N) is 1. The zero-order valence-corrected chi connectivity index (χ0v) is 10.4. The number of carbonyl (C=O) groups is 1. The molecule has 1 unspecified atom stereocenters. The molecule has 1 aliphatic heterocycles. The average Bonchev–Trinajstić information content (AvgIpc) is 3.01. The van der Waals surface area contributed by atoms with Gasteiger partial charge in [-0.15, -0.1) is 0 Å². The van der Waals surface area contributed by atoms with E-state index in [2.05, 4.69) is 11.9 Å². The molecular formula is C13H18N2O3. The van der Waals surface area contributed by atoms with Crippen molar-refractivity contribution in [2.75, 3.05) is 6.61 Å². The van der Waals surface area contributed by atoms with Crippen LogP contribution in [0, 0.1) is 11.3 Å². The monoisotopic (exact) mass is 250 g/mol. The summed E-state index contributed by atoms with van der Waals surface area (Å²) >= 11 is 0. The van der Waals surface area contributed by atoms with E-state index in [9.17, 15) is 15.0 Å². The van der Waals surface area contributed by atoms with E-state index in [1.165, 1.54) is 0 Å². The normalized spacial score (nSPS) is 42.5. The highest BCUT2D eigenvalue weighted by atomic mass is 16.3. The van der Waals surface area contributed by atoms with E-state index in [0.29, 0.717) is 12.1 Å². The molecule has 2 aliphatic carbocycles. The van der Waals surface area contributed by atoms with Crippen LogP contribution in [0.1, 0.15) is 19.8 Å². The Morgan fingerprint density at radius 1 is 1.67 bits per heavy atom. The average molecular weight is 250 g/mol. The fourth-order valence-corrected chi connectivity index (χ4v) is 3.36. The predicted octanol–water partition coefficient (Wildman–Crippen LogP) is 0.561. The van der Waals surface area contributed by atoms with Gasteiger partial charge in [0.2, 0.25) is 0 Å². The SMILES string of the molecule is C=C1NC(=O)N([C@H]2C[C@H](O)[C@]3(CO)CC23)C=C1C. The van der Waals surface area contributed by atoms with Crippen LogP contribution in [0.4, 0.5) is 4.79 Å². The summed E-state index contributed by atoms with van der Waals surface area (Å²) in [4.78, 5) is 13.6. The molecule has 0 bridgehead atoms. The summed E-state index contributed by atoms with van der Waals surface area (Å²) in [5.41, 5.74) is 1.19. The van der Waals surface area contributed by atoms with Crippen molar-refractivity contribution >= 4 is 6.03 Å². The highest BCUT2D eigenvalue weighted by Crippen LogP contribution is 2.64. The van der Waals surface area contributed by atoms with Crippen LogP contribution in [0.25, 0.3) is 0 Å². The molecule has 5 heteroatoms. The summed E-state index contributed by atoms with van der Waals surface area (Å²) < 4.78 is 0. The van der Waals surface area contributed by atoms with Gasteiger partial charge >= 0.3 is 6.03 Å². The van der Waals surface area contributed by atoms with Gasteiger partial charge in [-0.1, -0.05) is 6.58 Å². The smallest absolute Gasteiger partial charge is 0.326 e. The van der Waals surface area contributed by atoms with Gasteiger partial charge < -0.3 is 15.5 Å². The molecule has 3 rings (SSSR count). The van der Waals surface area contributed by atoms with Gasteiger partial charge in [-0.25, -0.2) is 4.79 Å². The minimum atomic E-state index is -0.510. The highest BCUT2D eigenvalue weighted by molar-refractivity contribution is 5.80. The van der Waals surface area contributed by atoms with E-state index in [-0.39, 0.29) is 30.0 Å². The standard InChI is InChI=1S/C13H18N2O3/c1-7-5-15(12(18)14-8(7)2)10-3-11(17)13(6-16)4-9(10)13/h5,9-11,16-17H,2-4,6H2,1H3,(H,14,18)/t9?,10-,11-,13-/m0/s1. The van der Waals surface area contributed by atoms with Gasteiger partial charge in [0.05, 0.1) is 12.7 Å². The minimum absolute atomic E-state index is 0.000196. The molecule has 0 aromatic heterocycles. The molecule has 0 radical (unpaired) electrons. The third-order valence-electron chi connectivity index (χ3n) is 4.72. The maximum absolute atomic E-state index is 12.0. The molecule has 0 aromatic rings. The van der Waals surface area contributed by atoms with Gasteiger partial charge in [0.25, 0.3) is 0 Å². The van der Waals surface area contributed by atoms with Crippen molar-refractivity contribution in [3.05, 3.63) is 24.0 Å². The van der Waals surface area contributed by atoms with Crippen molar-refractivity contribution in [3.8, 4) is 0 Å². The lowest BCUT2D eigenvalue weighted by Gasteiger charge is -2.32.